The smallest absolute Gasteiger partial charge is 0.328 e. The predicted octanol–water partition coefficient (Wildman–Crippen LogP) is 2.94. The summed E-state index contributed by atoms with van der Waals surface area (Å²) < 4.78 is 10.2. The Morgan fingerprint density at radius 2 is 1.83 bits per heavy atom. The molecule has 0 aliphatic rings. The van der Waals surface area contributed by atoms with Gasteiger partial charge in [-0.1, -0.05) is 63.8 Å². The molecule has 166 valence electrons. The van der Waals surface area contributed by atoms with Crippen molar-refractivity contribution in [1.82, 2.24) is 0 Å². The van der Waals surface area contributed by atoms with E-state index in [9.17, 15) is 9.90 Å². The number of unbranched alkanes of at least 4 members (excludes halogenated alkanes) is 3. The highest BCUT2D eigenvalue weighted by molar-refractivity contribution is 5.80. The number of esters is 1. The highest BCUT2D eigenvalue weighted by Crippen LogP contribution is 2.23. The third kappa shape index (κ3) is 9.72. The maximum Gasteiger partial charge on any atom is 0.328 e. The lowest BCUT2D eigenvalue weighted by Crippen LogP contribution is -2.52. The summed E-state index contributed by atoms with van der Waals surface area (Å²) in [7, 11) is 0. The molecular formula is C23H39NO5. The number of benzene rings is 1. The van der Waals surface area contributed by atoms with Crippen LogP contribution in [-0.4, -0.2) is 54.8 Å². The lowest BCUT2D eigenvalue weighted by molar-refractivity contribution is -0.153. The fraction of sp³-hybridized carbons (Fsp3) is 0.696. The molecule has 1 aromatic carbocycles. The number of hydrogen-bond donors (Lipinski definition) is 3. The molecule has 4 N–H and O–H groups in total. The van der Waals surface area contributed by atoms with Gasteiger partial charge in [0.2, 0.25) is 0 Å². The monoisotopic (exact) mass is 409 g/mol. The Morgan fingerprint density at radius 3 is 2.45 bits per heavy atom. The van der Waals surface area contributed by atoms with Crippen molar-refractivity contribution in [2.45, 2.75) is 70.3 Å². The van der Waals surface area contributed by atoms with Crippen LogP contribution >= 0.6 is 0 Å². The van der Waals surface area contributed by atoms with Gasteiger partial charge in [-0.15, -0.1) is 0 Å². The second-order valence-electron chi connectivity index (χ2n) is 7.78. The van der Waals surface area contributed by atoms with Gasteiger partial charge in [-0.05, 0) is 36.3 Å². The zero-order chi connectivity index (χ0) is 21.5. The van der Waals surface area contributed by atoms with E-state index < -0.39 is 18.1 Å². The zero-order valence-corrected chi connectivity index (χ0v) is 18.1. The lowest BCUT2D eigenvalue weighted by atomic mass is 9.91. The fourth-order valence-corrected chi connectivity index (χ4v) is 3.17. The number of ether oxygens (including phenoxy) is 2. The standard InChI is InChI=1S/C23H39NO5/c1-3-4-5-6-7-19(2)21-10-8-20(9-11-21)12-13-23(24,18-26)22(27)29-17-16-28-15-14-25/h8-11,19,25-26H,3-7,12-18,24H2,1-2H3. The molecule has 6 nitrogen and oxygen atoms in total. The predicted molar refractivity (Wildman–Crippen MR) is 115 cm³/mol. The number of aliphatic hydroxyl groups is 2. The molecule has 29 heavy (non-hydrogen) atoms. The maximum atomic E-state index is 12.2. The van der Waals surface area contributed by atoms with E-state index in [1.807, 2.05) is 0 Å². The van der Waals surface area contributed by atoms with Crippen LogP contribution in [0.3, 0.4) is 0 Å². The summed E-state index contributed by atoms with van der Waals surface area (Å²) >= 11 is 0. The number of hydrogen-bond acceptors (Lipinski definition) is 6. The molecule has 0 bridgehead atoms. The Morgan fingerprint density at radius 1 is 1.10 bits per heavy atom. The van der Waals surface area contributed by atoms with Crippen LogP contribution in [0.1, 0.15) is 69.4 Å². The number of carbonyl (C=O) groups excluding carboxylic acids is 1. The van der Waals surface area contributed by atoms with Crippen molar-refractivity contribution in [2.75, 3.05) is 33.0 Å². The topological polar surface area (TPSA) is 102 Å². The van der Waals surface area contributed by atoms with Gasteiger partial charge in [0, 0.05) is 0 Å². The fourth-order valence-electron chi connectivity index (χ4n) is 3.17. The Labute approximate surface area is 175 Å². The number of nitrogens with two attached hydrogens (primary N) is 1. The lowest BCUT2D eigenvalue weighted by Gasteiger charge is -2.25. The van der Waals surface area contributed by atoms with E-state index in [1.54, 1.807) is 0 Å². The molecule has 0 spiro atoms. The van der Waals surface area contributed by atoms with Crippen LogP contribution in [0.4, 0.5) is 0 Å². The van der Waals surface area contributed by atoms with Gasteiger partial charge in [-0.2, -0.15) is 0 Å². The largest absolute Gasteiger partial charge is 0.462 e. The van der Waals surface area contributed by atoms with Gasteiger partial charge in [0.1, 0.15) is 12.1 Å². The van der Waals surface area contributed by atoms with Crippen LogP contribution in [0.15, 0.2) is 24.3 Å². The van der Waals surface area contributed by atoms with Crippen LogP contribution in [0.5, 0.6) is 0 Å². The van der Waals surface area contributed by atoms with Crippen LogP contribution in [0.2, 0.25) is 0 Å². The van der Waals surface area contributed by atoms with Gasteiger partial charge in [-0.3, -0.25) is 0 Å². The number of aliphatic hydroxyl groups excluding tert-OH is 2. The molecule has 0 fully saturated rings. The van der Waals surface area contributed by atoms with Crippen molar-refractivity contribution >= 4 is 5.97 Å². The first-order valence-electron chi connectivity index (χ1n) is 10.8. The third-order valence-corrected chi connectivity index (χ3v) is 5.28. The van der Waals surface area contributed by atoms with Crippen LogP contribution in [0, 0.1) is 0 Å². The van der Waals surface area contributed by atoms with E-state index in [1.165, 1.54) is 37.7 Å². The molecule has 2 atom stereocenters. The number of rotatable bonds is 16. The minimum Gasteiger partial charge on any atom is -0.462 e. The molecule has 0 saturated carbocycles. The minimum absolute atomic E-state index is 0.0443. The first-order chi connectivity index (χ1) is 14.0. The maximum absolute atomic E-state index is 12.2. The van der Waals surface area contributed by atoms with Crippen molar-refractivity contribution in [1.29, 1.82) is 0 Å². The van der Waals surface area contributed by atoms with E-state index in [-0.39, 0.29) is 26.4 Å². The first kappa shape index (κ1) is 25.6. The normalized spacial score (nSPS) is 14.4. The first-order valence-corrected chi connectivity index (χ1v) is 10.8. The molecule has 0 aliphatic carbocycles. The van der Waals surface area contributed by atoms with Crippen molar-refractivity contribution in [3.8, 4) is 0 Å². The summed E-state index contributed by atoms with van der Waals surface area (Å²) in [6, 6.07) is 8.44. The summed E-state index contributed by atoms with van der Waals surface area (Å²) in [5, 5.41) is 18.3. The van der Waals surface area contributed by atoms with E-state index in [4.69, 9.17) is 20.3 Å². The molecule has 1 rings (SSSR count). The molecular weight excluding hydrogens is 370 g/mol. The van der Waals surface area contributed by atoms with Crippen molar-refractivity contribution in [3.05, 3.63) is 35.4 Å². The molecule has 6 heteroatoms. The van der Waals surface area contributed by atoms with Gasteiger partial charge in [0.25, 0.3) is 0 Å². The van der Waals surface area contributed by atoms with E-state index in [2.05, 4.69) is 38.1 Å². The SMILES string of the molecule is CCCCCCC(C)c1ccc(CCC(N)(CO)C(=O)OCCOCCO)cc1. The summed E-state index contributed by atoms with van der Waals surface area (Å²) in [5.74, 6) is -0.0973. The van der Waals surface area contributed by atoms with Gasteiger partial charge >= 0.3 is 5.97 Å². The van der Waals surface area contributed by atoms with Crippen LogP contribution < -0.4 is 5.73 Å². The number of aryl methyl sites for hydroxylation is 1. The third-order valence-electron chi connectivity index (χ3n) is 5.28. The van der Waals surface area contributed by atoms with E-state index in [0.717, 1.165) is 5.56 Å². The van der Waals surface area contributed by atoms with E-state index >= 15 is 0 Å². The van der Waals surface area contributed by atoms with Crippen LogP contribution in [-0.2, 0) is 20.7 Å². The second-order valence-corrected chi connectivity index (χ2v) is 7.78. The average Bonchev–Trinajstić information content (AvgIpc) is 2.75. The van der Waals surface area contributed by atoms with Gasteiger partial charge in [0.15, 0.2) is 0 Å². The number of carbonyl (C=O) groups is 1. The molecule has 0 aliphatic heterocycles. The van der Waals surface area contributed by atoms with Crippen molar-refractivity contribution in [2.24, 2.45) is 5.73 Å². The Hall–Kier alpha value is -1.47. The van der Waals surface area contributed by atoms with Crippen LogP contribution in [0.25, 0.3) is 0 Å². The van der Waals surface area contributed by atoms with Crippen molar-refractivity contribution < 1.29 is 24.5 Å². The molecule has 0 saturated heterocycles. The Balaban J connectivity index is 2.47. The minimum atomic E-state index is -1.43. The van der Waals surface area contributed by atoms with Gasteiger partial charge < -0.3 is 25.4 Å². The molecule has 1 aromatic rings. The Bertz CT molecular complexity index is 563. The molecule has 0 radical (unpaired) electrons. The zero-order valence-electron chi connectivity index (χ0n) is 18.1. The van der Waals surface area contributed by atoms with Gasteiger partial charge in [0.05, 0.1) is 26.4 Å². The highest BCUT2D eigenvalue weighted by Gasteiger charge is 2.34. The average molecular weight is 410 g/mol. The second kappa shape index (κ2) is 14.5. The summed E-state index contributed by atoms with van der Waals surface area (Å²) in [6.07, 6.45) is 7.19. The Kier molecular flexibility index (Phi) is 12.8. The molecule has 0 amide bonds. The quantitative estimate of drug-likeness (QED) is 0.287. The van der Waals surface area contributed by atoms with Crippen molar-refractivity contribution in [3.63, 3.8) is 0 Å². The molecule has 0 aromatic heterocycles. The summed E-state index contributed by atoms with van der Waals surface area (Å²) in [4.78, 5) is 12.2. The summed E-state index contributed by atoms with van der Waals surface area (Å²) in [5.41, 5.74) is 7.06. The molecule has 2 unspecified atom stereocenters. The molecule has 0 heterocycles. The van der Waals surface area contributed by atoms with Gasteiger partial charge in [-0.25, -0.2) is 4.79 Å². The highest BCUT2D eigenvalue weighted by atomic mass is 16.6. The van der Waals surface area contributed by atoms with E-state index in [0.29, 0.717) is 18.8 Å². The summed E-state index contributed by atoms with van der Waals surface area (Å²) in [6.45, 7) is 4.35.